The van der Waals surface area contributed by atoms with Crippen molar-refractivity contribution in [2.45, 2.75) is 6.17 Å². The van der Waals surface area contributed by atoms with E-state index >= 15 is 0 Å². The van der Waals surface area contributed by atoms with Gasteiger partial charge in [0.15, 0.2) is 5.84 Å². The summed E-state index contributed by atoms with van der Waals surface area (Å²) in [5.74, 6) is 1.42. The normalized spacial score (nSPS) is 14.7. The number of amidine groups is 2. The maximum absolute atomic E-state index is 6.63. The van der Waals surface area contributed by atoms with Gasteiger partial charge in [-0.1, -0.05) is 127 Å². The van der Waals surface area contributed by atoms with Crippen LogP contribution in [0.15, 0.2) is 183 Å². The first-order chi connectivity index (χ1) is 25.7. The van der Waals surface area contributed by atoms with Crippen LogP contribution < -0.4 is 5.32 Å². The zero-order valence-corrected chi connectivity index (χ0v) is 27.9. The maximum atomic E-state index is 6.63. The van der Waals surface area contributed by atoms with E-state index in [-0.39, 0.29) is 6.17 Å². The fourth-order valence-corrected chi connectivity index (χ4v) is 7.83. The molecule has 1 atom stereocenters. The van der Waals surface area contributed by atoms with Crippen molar-refractivity contribution < 1.29 is 8.83 Å². The molecule has 3 heterocycles. The molecule has 0 fully saturated rings. The Morgan fingerprint density at radius 3 is 2.00 bits per heavy atom. The summed E-state index contributed by atoms with van der Waals surface area (Å²) in [6, 6.07) is 56.9. The van der Waals surface area contributed by atoms with Crippen LogP contribution in [0.3, 0.4) is 0 Å². The van der Waals surface area contributed by atoms with Gasteiger partial charge >= 0.3 is 0 Å². The summed E-state index contributed by atoms with van der Waals surface area (Å²) in [7, 11) is 0. The van der Waals surface area contributed by atoms with Gasteiger partial charge < -0.3 is 14.2 Å². The molecule has 52 heavy (non-hydrogen) atoms. The molecule has 1 N–H and O–H groups in total. The van der Waals surface area contributed by atoms with Gasteiger partial charge in [0.1, 0.15) is 34.3 Å². The van der Waals surface area contributed by atoms with Gasteiger partial charge in [-0.15, -0.1) is 0 Å². The van der Waals surface area contributed by atoms with E-state index in [0.29, 0.717) is 5.84 Å². The third kappa shape index (κ3) is 4.49. The first-order valence-electron chi connectivity index (χ1n) is 17.5. The van der Waals surface area contributed by atoms with Crippen LogP contribution >= 0.6 is 0 Å². The molecule has 11 rings (SSSR count). The van der Waals surface area contributed by atoms with Crippen molar-refractivity contribution >= 4 is 77.1 Å². The monoisotopic (exact) mass is 667 g/mol. The summed E-state index contributed by atoms with van der Waals surface area (Å²) in [4.78, 5) is 10.7. The average Bonchev–Trinajstić information content (AvgIpc) is 3.79. The first kappa shape index (κ1) is 28.8. The van der Waals surface area contributed by atoms with Crippen LogP contribution in [0, 0.1) is 0 Å². The molecule has 10 aromatic rings. The van der Waals surface area contributed by atoms with E-state index in [1.165, 1.54) is 5.39 Å². The van der Waals surface area contributed by atoms with E-state index < -0.39 is 0 Å². The molecule has 0 bridgehead atoms. The molecule has 0 saturated heterocycles. The first-order valence-corrected chi connectivity index (χ1v) is 17.5. The average molecular weight is 668 g/mol. The highest BCUT2D eigenvalue weighted by Gasteiger charge is 2.25. The minimum atomic E-state index is -0.346. The van der Waals surface area contributed by atoms with E-state index in [1.54, 1.807) is 0 Å². The van der Waals surface area contributed by atoms with E-state index in [1.807, 2.05) is 30.3 Å². The molecule has 0 amide bonds. The molecule has 0 aliphatic carbocycles. The number of hydrogen-bond acceptors (Lipinski definition) is 5. The molecular weight excluding hydrogens is 639 g/mol. The highest BCUT2D eigenvalue weighted by Crippen LogP contribution is 2.42. The zero-order chi connectivity index (χ0) is 34.2. The Morgan fingerprint density at radius 2 is 1.15 bits per heavy atom. The molecular formula is C47H29N3O2. The zero-order valence-electron chi connectivity index (χ0n) is 27.9. The highest BCUT2D eigenvalue weighted by molar-refractivity contribution is 6.24. The van der Waals surface area contributed by atoms with Crippen LogP contribution in [0.2, 0.25) is 0 Å². The van der Waals surface area contributed by atoms with Crippen molar-refractivity contribution in [3.05, 3.63) is 180 Å². The number of furan rings is 2. The van der Waals surface area contributed by atoms with Crippen LogP contribution in [-0.4, -0.2) is 11.7 Å². The number of para-hydroxylation sites is 2. The van der Waals surface area contributed by atoms with Gasteiger partial charge in [-0.05, 0) is 69.2 Å². The molecule has 0 spiro atoms. The Morgan fingerprint density at radius 1 is 0.462 bits per heavy atom. The fraction of sp³-hybridized carbons (Fsp3) is 0.0213. The second-order valence-electron chi connectivity index (χ2n) is 13.4. The lowest BCUT2D eigenvalue weighted by atomic mass is 9.92. The Labute approximate surface area is 298 Å². The lowest BCUT2D eigenvalue weighted by Gasteiger charge is -2.24. The summed E-state index contributed by atoms with van der Waals surface area (Å²) in [6.45, 7) is 0. The Bertz CT molecular complexity index is 3110. The Kier molecular flexibility index (Phi) is 6.25. The second-order valence-corrected chi connectivity index (χ2v) is 13.4. The van der Waals surface area contributed by atoms with E-state index in [4.69, 9.17) is 18.8 Å². The summed E-state index contributed by atoms with van der Waals surface area (Å²) < 4.78 is 13.1. The number of fused-ring (bicyclic) bond motifs is 9. The van der Waals surface area contributed by atoms with Crippen molar-refractivity contribution in [1.29, 1.82) is 0 Å². The third-order valence-corrected chi connectivity index (χ3v) is 10.3. The molecule has 5 nitrogen and oxygen atoms in total. The predicted octanol–water partition coefficient (Wildman–Crippen LogP) is 12.0. The molecule has 2 aromatic heterocycles. The number of nitrogens with zero attached hydrogens (tertiary/aromatic N) is 2. The predicted molar refractivity (Wildman–Crippen MR) is 213 cm³/mol. The van der Waals surface area contributed by atoms with Crippen molar-refractivity contribution in [3.8, 4) is 11.1 Å². The number of nitrogens with one attached hydrogen (secondary N) is 1. The lowest BCUT2D eigenvalue weighted by Crippen LogP contribution is -2.33. The van der Waals surface area contributed by atoms with Gasteiger partial charge in [0.25, 0.3) is 0 Å². The summed E-state index contributed by atoms with van der Waals surface area (Å²) in [5, 5.41) is 12.4. The van der Waals surface area contributed by atoms with E-state index in [0.717, 1.165) is 93.7 Å². The largest absolute Gasteiger partial charge is 0.456 e. The van der Waals surface area contributed by atoms with Crippen LogP contribution in [0.5, 0.6) is 0 Å². The number of hydrogen-bond donors (Lipinski definition) is 1. The molecule has 8 aromatic carbocycles. The molecule has 244 valence electrons. The fourth-order valence-electron chi connectivity index (χ4n) is 7.83. The minimum Gasteiger partial charge on any atom is -0.456 e. The van der Waals surface area contributed by atoms with Gasteiger partial charge in [0.05, 0.1) is 0 Å². The van der Waals surface area contributed by atoms with Crippen molar-refractivity contribution in [2.75, 3.05) is 0 Å². The van der Waals surface area contributed by atoms with Crippen molar-refractivity contribution in [2.24, 2.45) is 9.98 Å². The van der Waals surface area contributed by atoms with Gasteiger partial charge in [0.2, 0.25) is 0 Å². The van der Waals surface area contributed by atoms with Gasteiger partial charge in [0, 0.05) is 38.1 Å². The van der Waals surface area contributed by atoms with Gasteiger partial charge in [-0.2, -0.15) is 0 Å². The SMILES string of the molecule is c1ccc(C2N=C(c3cc(-c4cc5c6ccccc6oc5c5ccccc45)cc4oc5ccccc5c34)N=C(c3ccc4ccccc4c3)N2)cc1. The lowest BCUT2D eigenvalue weighted by molar-refractivity contribution is 0.668. The summed E-state index contributed by atoms with van der Waals surface area (Å²) >= 11 is 0. The van der Waals surface area contributed by atoms with Crippen molar-refractivity contribution in [3.63, 3.8) is 0 Å². The van der Waals surface area contributed by atoms with E-state index in [2.05, 4.69) is 139 Å². The molecule has 0 radical (unpaired) electrons. The smallest absolute Gasteiger partial charge is 0.160 e. The van der Waals surface area contributed by atoms with Crippen molar-refractivity contribution in [1.82, 2.24) is 5.32 Å². The summed E-state index contributed by atoms with van der Waals surface area (Å²) in [6.07, 6.45) is -0.346. The molecule has 1 unspecified atom stereocenters. The Balaban J connectivity index is 1.20. The quantitative estimate of drug-likeness (QED) is 0.203. The molecule has 1 aliphatic rings. The molecule has 0 saturated carbocycles. The third-order valence-electron chi connectivity index (χ3n) is 10.3. The minimum absolute atomic E-state index is 0.346. The number of benzene rings is 8. The van der Waals surface area contributed by atoms with E-state index in [9.17, 15) is 0 Å². The molecule has 5 heteroatoms. The highest BCUT2D eigenvalue weighted by atomic mass is 16.3. The van der Waals surface area contributed by atoms with Crippen LogP contribution in [0.25, 0.3) is 76.5 Å². The van der Waals surface area contributed by atoms with Gasteiger partial charge in [-0.25, -0.2) is 9.98 Å². The standard InChI is InChI=1S/C47H29N3O2/c1-2-13-29(14-3-1)45-48-46(31-23-22-28-12-4-5-15-30(28)24-31)50-47(49-45)39-25-32(26-42-43(39)36-19-9-11-21-41(36)51-42)37-27-38-34-17-8-10-20-40(34)52-44(38)35-18-7-6-16-33(35)37/h1-27,45H,(H,48,49,50). The number of aliphatic imine (C=N–C) groups is 2. The summed E-state index contributed by atoms with van der Waals surface area (Å²) in [5.41, 5.74) is 8.46. The second kappa shape index (κ2) is 11.3. The van der Waals surface area contributed by atoms with Gasteiger partial charge in [-0.3, -0.25) is 0 Å². The van der Waals surface area contributed by atoms with Crippen LogP contribution in [-0.2, 0) is 0 Å². The maximum Gasteiger partial charge on any atom is 0.160 e. The van der Waals surface area contributed by atoms with Crippen LogP contribution in [0.1, 0.15) is 22.9 Å². The number of rotatable bonds is 4. The molecule has 1 aliphatic heterocycles. The Hall–Kier alpha value is -6.98. The topological polar surface area (TPSA) is 63.0 Å². The van der Waals surface area contributed by atoms with Crippen LogP contribution in [0.4, 0.5) is 0 Å².